The van der Waals surface area contributed by atoms with Crippen LogP contribution < -0.4 is 11.5 Å². The maximum absolute atomic E-state index is 12.9. The van der Waals surface area contributed by atoms with Crippen LogP contribution in [0.5, 0.6) is 0 Å². The summed E-state index contributed by atoms with van der Waals surface area (Å²) in [5.41, 5.74) is 11.6. The molecule has 4 N–H and O–H groups in total. The molecule has 0 saturated carbocycles. The summed E-state index contributed by atoms with van der Waals surface area (Å²) in [5, 5.41) is 0. The lowest BCUT2D eigenvalue weighted by Crippen LogP contribution is -1.95. The van der Waals surface area contributed by atoms with E-state index in [9.17, 15) is 4.39 Å². The zero-order valence-corrected chi connectivity index (χ0v) is 7.33. The molecule has 1 aromatic carbocycles. The van der Waals surface area contributed by atoms with E-state index in [0.717, 1.165) is 12.0 Å². The van der Waals surface area contributed by atoms with Gasteiger partial charge in [-0.3, -0.25) is 0 Å². The minimum atomic E-state index is -0.380. The van der Waals surface area contributed by atoms with Crippen LogP contribution in [0.25, 0.3) is 6.08 Å². The molecule has 2 nitrogen and oxygen atoms in total. The molecule has 3 heteroatoms. The predicted octanol–water partition coefficient (Wildman–Crippen LogP) is 1.77. The number of halogens is 1. The molecule has 13 heavy (non-hydrogen) atoms. The highest BCUT2D eigenvalue weighted by Gasteiger charge is 1.96. The van der Waals surface area contributed by atoms with Crippen LogP contribution in [0.1, 0.15) is 12.0 Å². The molecule has 0 saturated heterocycles. The molecule has 1 rings (SSSR count). The summed E-state index contributed by atoms with van der Waals surface area (Å²) in [6.45, 7) is 0.605. The zero-order valence-electron chi connectivity index (χ0n) is 7.33. The van der Waals surface area contributed by atoms with Gasteiger partial charge in [-0.15, -0.1) is 0 Å². The van der Waals surface area contributed by atoms with Crippen molar-refractivity contribution in [2.24, 2.45) is 5.73 Å². The van der Waals surface area contributed by atoms with Crippen LogP contribution in [0.15, 0.2) is 24.3 Å². The fraction of sp³-hybridized carbons (Fsp3) is 0.200. The fourth-order valence-corrected chi connectivity index (χ4v) is 0.963. The second-order valence-electron chi connectivity index (χ2n) is 2.76. The van der Waals surface area contributed by atoms with Gasteiger partial charge in [0.1, 0.15) is 5.82 Å². The molecule has 70 valence electrons. The lowest BCUT2D eigenvalue weighted by atomic mass is 10.2. The van der Waals surface area contributed by atoms with Crippen molar-refractivity contribution in [2.45, 2.75) is 6.42 Å². The van der Waals surface area contributed by atoms with Crippen LogP contribution in [0, 0.1) is 5.82 Å². The third-order valence-electron chi connectivity index (χ3n) is 1.67. The van der Waals surface area contributed by atoms with Gasteiger partial charge in [0.05, 0.1) is 5.69 Å². The number of anilines is 1. The first kappa shape index (κ1) is 9.74. The maximum atomic E-state index is 12.9. The Bertz CT molecular complexity index is 308. The Morgan fingerprint density at radius 2 is 2.15 bits per heavy atom. The minimum absolute atomic E-state index is 0.177. The largest absolute Gasteiger partial charge is 0.396 e. The first-order valence-corrected chi connectivity index (χ1v) is 4.15. The van der Waals surface area contributed by atoms with Crippen molar-refractivity contribution in [1.82, 2.24) is 0 Å². The van der Waals surface area contributed by atoms with Crippen molar-refractivity contribution in [3.63, 3.8) is 0 Å². The van der Waals surface area contributed by atoms with Crippen molar-refractivity contribution >= 4 is 11.8 Å². The number of hydrogen-bond donors (Lipinski definition) is 2. The molecule has 0 atom stereocenters. The lowest BCUT2D eigenvalue weighted by Gasteiger charge is -1.97. The predicted molar refractivity (Wildman–Crippen MR) is 53.5 cm³/mol. The Balaban J connectivity index is 2.73. The summed E-state index contributed by atoms with van der Waals surface area (Å²) in [6, 6.07) is 4.73. The second kappa shape index (κ2) is 4.62. The number of nitrogens with two attached hydrogens (primary N) is 2. The quantitative estimate of drug-likeness (QED) is 0.696. The molecule has 0 aromatic heterocycles. The van der Waals surface area contributed by atoms with Crippen molar-refractivity contribution in [2.75, 3.05) is 12.3 Å². The van der Waals surface area contributed by atoms with E-state index in [-0.39, 0.29) is 11.5 Å². The molecule has 0 aliphatic rings. The molecule has 0 radical (unpaired) electrons. The zero-order chi connectivity index (χ0) is 9.68. The van der Waals surface area contributed by atoms with E-state index in [1.165, 1.54) is 6.07 Å². The first-order chi connectivity index (χ1) is 6.24. The first-order valence-electron chi connectivity index (χ1n) is 4.15. The van der Waals surface area contributed by atoms with Gasteiger partial charge in [-0.25, -0.2) is 4.39 Å². The molecule has 0 aliphatic carbocycles. The van der Waals surface area contributed by atoms with E-state index >= 15 is 0 Å². The highest BCUT2D eigenvalue weighted by molar-refractivity contribution is 5.54. The third-order valence-corrected chi connectivity index (χ3v) is 1.67. The third kappa shape index (κ3) is 2.87. The maximum Gasteiger partial charge on any atom is 0.146 e. The van der Waals surface area contributed by atoms with E-state index in [1.807, 2.05) is 12.2 Å². The number of hydrogen-bond acceptors (Lipinski definition) is 2. The van der Waals surface area contributed by atoms with Crippen LogP contribution in [-0.4, -0.2) is 6.54 Å². The SMILES string of the molecule is NCCC=Cc1ccc(N)c(F)c1. The normalized spacial score (nSPS) is 10.9. The summed E-state index contributed by atoms with van der Waals surface area (Å²) in [6.07, 6.45) is 4.53. The van der Waals surface area contributed by atoms with E-state index in [2.05, 4.69) is 0 Å². The highest BCUT2D eigenvalue weighted by Crippen LogP contribution is 2.12. The van der Waals surface area contributed by atoms with Gasteiger partial charge < -0.3 is 11.5 Å². The fourth-order valence-electron chi connectivity index (χ4n) is 0.963. The highest BCUT2D eigenvalue weighted by atomic mass is 19.1. The second-order valence-corrected chi connectivity index (χ2v) is 2.76. The van der Waals surface area contributed by atoms with E-state index < -0.39 is 0 Å². The van der Waals surface area contributed by atoms with Gasteiger partial charge in [0.2, 0.25) is 0 Å². The van der Waals surface area contributed by atoms with Crippen LogP contribution >= 0.6 is 0 Å². The average molecular weight is 180 g/mol. The van der Waals surface area contributed by atoms with Crippen LogP contribution in [-0.2, 0) is 0 Å². The summed E-state index contributed by atoms with van der Waals surface area (Å²) >= 11 is 0. The number of rotatable bonds is 3. The van der Waals surface area contributed by atoms with E-state index in [1.54, 1.807) is 12.1 Å². The van der Waals surface area contributed by atoms with Crippen molar-refractivity contribution < 1.29 is 4.39 Å². The molecule has 0 bridgehead atoms. The van der Waals surface area contributed by atoms with Crippen LogP contribution in [0.2, 0.25) is 0 Å². The van der Waals surface area contributed by atoms with Gasteiger partial charge in [-0.2, -0.15) is 0 Å². The molecular formula is C10H13FN2. The molecule has 1 aromatic rings. The number of nitrogen functional groups attached to an aromatic ring is 1. The van der Waals surface area contributed by atoms with Crippen molar-refractivity contribution in [3.8, 4) is 0 Å². The molecule has 0 unspecified atom stereocenters. The standard InChI is InChI=1S/C10H13FN2/c11-9-7-8(3-1-2-6-12)4-5-10(9)13/h1,3-5,7H,2,6,12-13H2. The molecule has 0 fully saturated rings. The van der Waals surface area contributed by atoms with Gasteiger partial charge in [0, 0.05) is 0 Å². The summed E-state index contributed by atoms with van der Waals surface area (Å²) < 4.78 is 12.9. The summed E-state index contributed by atoms with van der Waals surface area (Å²) in [4.78, 5) is 0. The van der Waals surface area contributed by atoms with Gasteiger partial charge in [-0.1, -0.05) is 18.2 Å². The molecule has 0 aliphatic heterocycles. The van der Waals surface area contributed by atoms with Crippen LogP contribution in [0.4, 0.5) is 10.1 Å². The molecule has 0 heterocycles. The van der Waals surface area contributed by atoms with Gasteiger partial charge in [0.25, 0.3) is 0 Å². The average Bonchev–Trinajstić information content (AvgIpc) is 2.12. The van der Waals surface area contributed by atoms with E-state index in [4.69, 9.17) is 11.5 Å². The van der Waals surface area contributed by atoms with Gasteiger partial charge in [0.15, 0.2) is 0 Å². The molecule has 0 amide bonds. The van der Waals surface area contributed by atoms with Gasteiger partial charge in [-0.05, 0) is 30.7 Å². The Morgan fingerprint density at radius 1 is 1.38 bits per heavy atom. The topological polar surface area (TPSA) is 52.0 Å². The lowest BCUT2D eigenvalue weighted by molar-refractivity contribution is 0.632. The molecular weight excluding hydrogens is 167 g/mol. The van der Waals surface area contributed by atoms with Gasteiger partial charge >= 0.3 is 0 Å². The Morgan fingerprint density at radius 3 is 2.77 bits per heavy atom. The Labute approximate surface area is 77.0 Å². The van der Waals surface area contributed by atoms with E-state index in [0.29, 0.717) is 6.54 Å². The Hall–Kier alpha value is -1.35. The van der Waals surface area contributed by atoms with Crippen molar-refractivity contribution in [1.29, 1.82) is 0 Å². The Kier molecular flexibility index (Phi) is 3.46. The summed E-state index contributed by atoms with van der Waals surface area (Å²) in [7, 11) is 0. The van der Waals surface area contributed by atoms with Crippen LogP contribution in [0.3, 0.4) is 0 Å². The smallest absolute Gasteiger partial charge is 0.146 e. The van der Waals surface area contributed by atoms with Crippen molar-refractivity contribution in [3.05, 3.63) is 35.7 Å². The monoisotopic (exact) mass is 180 g/mol. The minimum Gasteiger partial charge on any atom is -0.396 e. The molecule has 0 spiro atoms. The number of benzene rings is 1. The summed E-state index contributed by atoms with van der Waals surface area (Å²) in [5.74, 6) is -0.380.